The van der Waals surface area contributed by atoms with Crippen LogP contribution in [0.5, 0.6) is 5.75 Å². The molecule has 26 heavy (non-hydrogen) atoms. The summed E-state index contributed by atoms with van der Waals surface area (Å²) >= 11 is 0. The molecule has 2 nitrogen and oxygen atoms in total. The van der Waals surface area contributed by atoms with E-state index >= 15 is 0 Å². The quantitative estimate of drug-likeness (QED) is 0.484. The van der Waals surface area contributed by atoms with Gasteiger partial charge in [0.15, 0.2) is 0 Å². The maximum Gasteiger partial charge on any atom is 0.460 e. The van der Waals surface area contributed by atoms with E-state index in [-0.39, 0.29) is 5.75 Å². The van der Waals surface area contributed by atoms with Gasteiger partial charge in [0, 0.05) is 5.56 Å². The van der Waals surface area contributed by atoms with E-state index in [0.717, 1.165) is 12.1 Å². The molecule has 0 saturated heterocycles. The Morgan fingerprint density at radius 3 is 1.54 bits per heavy atom. The van der Waals surface area contributed by atoms with Crippen LogP contribution in [0.25, 0.3) is 0 Å². The van der Waals surface area contributed by atoms with E-state index in [0.29, 0.717) is 12.1 Å². The van der Waals surface area contributed by atoms with Crippen LogP contribution in [0.3, 0.4) is 0 Å². The number of ether oxygens (including phenoxy) is 1. The largest absolute Gasteiger partial charge is 0.488 e. The third-order valence-corrected chi connectivity index (χ3v) is 2.97. The molecule has 0 unspecified atom stereocenters. The summed E-state index contributed by atoms with van der Waals surface area (Å²) in [6.07, 6.45) is -6.98. The minimum atomic E-state index is -7.12. The predicted molar refractivity (Wildman–Crippen MR) is 72.0 cm³/mol. The van der Waals surface area contributed by atoms with Gasteiger partial charge in [0.2, 0.25) is 5.78 Å². The standard InChI is InChI=1S/C15H13F9O2/c1-11(2,3)26-9-6-4-8(5-7-9)10(25)12(16,17)13(18,19)14(20,21)15(22,23)24/h4-7H,1-3H3. The number of carbonyl (C=O) groups is 1. The first kappa shape index (κ1) is 22.1. The molecule has 1 aromatic carbocycles. The van der Waals surface area contributed by atoms with Crippen LogP contribution in [0.15, 0.2) is 24.3 Å². The zero-order valence-corrected chi connectivity index (χ0v) is 13.5. The van der Waals surface area contributed by atoms with Gasteiger partial charge in [0.25, 0.3) is 0 Å². The van der Waals surface area contributed by atoms with Gasteiger partial charge < -0.3 is 4.74 Å². The average molecular weight is 396 g/mol. The zero-order valence-electron chi connectivity index (χ0n) is 13.5. The molecular weight excluding hydrogens is 383 g/mol. The highest BCUT2D eigenvalue weighted by Crippen LogP contribution is 2.53. The van der Waals surface area contributed by atoms with Gasteiger partial charge in [-0.05, 0) is 45.0 Å². The van der Waals surface area contributed by atoms with Gasteiger partial charge in [0.05, 0.1) is 0 Å². The van der Waals surface area contributed by atoms with Crippen LogP contribution < -0.4 is 4.74 Å². The normalized spacial score (nSPS) is 14.3. The van der Waals surface area contributed by atoms with Crippen LogP contribution in [0.1, 0.15) is 31.1 Å². The first-order valence-corrected chi connectivity index (χ1v) is 6.88. The first-order valence-electron chi connectivity index (χ1n) is 6.88. The monoisotopic (exact) mass is 396 g/mol. The number of halogens is 9. The van der Waals surface area contributed by atoms with Crippen LogP contribution in [0.2, 0.25) is 0 Å². The molecule has 11 heteroatoms. The first-order chi connectivity index (χ1) is 11.3. The molecule has 1 aromatic rings. The lowest BCUT2D eigenvalue weighted by molar-refractivity contribution is -0.386. The maximum absolute atomic E-state index is 13.6. The fraction of sp³-hybridized carbons (Fsp3) is 0.533. The molecule has 0 aliphatic heterocycles. The van der Waals surface area contributed by atoms with Crippen molar-refractivity contribution in [2.45, 2.75) is 50.3 Å². The van der Waals surface area contributed by atoms with Crippen LogP contribution in [0.4, 0.5) is 39.5 Å². The SMILES string of the molecule is CC(C)(C)Oc1ccc(C(=O)C(F)(F)C(F)(F)C(F)(F)C(F)(F)F)cc1. The van der Waals surface area contributed by atoms with E-state index in [1.54, 1.807) is 20.8 Å². The number of Topliss-reactive ketones (excluding diaryl/α,β-unsaturated/α-hetero) is 1. The number of alkyl halides is 9. The van der Waals surface area contributed by atoms with E-state index in [1.165, 1.54) is 0 Å². The van der Waals surface area contributed by atoms with Crippen molar-refractivity contribution in [2.24, 2.45) is 0 Å². The van der Waals surface area contributed by atoms with Crippen LogP contribution in [0, 0.1) is 0 Å². The van der Waals surface area contributed by atoms with Gasteiger partial charge in [-0.1, -0.05) is 0 Å². The highest BCUT2D eigenvalue weighted by Gasteiger charge is 2.83. The highest BCUT2D eigenvalue weighted by atomic mass is 19.4. The summed E-state index contributed by atoms with van der Waals surface area (Å²) in [5.41, 5.74) is -1.93. The van der Waals surface area contributed by atoms with Gasteiger partial charge >= 0.3 is 23.9 Å². The van der Waals surface area contributed by atoms with Crippen LogP contribution in [-0.4, -0.2) is 35.3 Å². The van der Waals surface area contributed by atoms with Crippen molar-refractivity contribution in [2.75, 3.05) is 0 Å². The topological polar surface area (TPSA) is 26.3 Å². The third kappa shape index (κ3) is 3.90. The molecule has 0 N–H and O–H groups in total. The number of ketones is 1. The van der Waals surface area contributed by atoms with E-state index in [4.69, 9.17) is 4.74 Å². The van der Waals surface area contributed by atoms with Crippen molar-refractivity contribution in [1.82, 2.24) is 0 Å². The number of benzene rings is 1. The molecule has 0 radical (unpaired) electrons. The lowest BCUT2D eigenvalue weighted by Crippen LogP contribution is -2.63. The third-order valence-electron chi connectivity index (χ3n) is 2.97. The summed E-state index contributed by atoms with van der Waals surface area (Å²) in [5, 5.41) is 0. The Bertz CT molecular complexity index is 655. The number of carbonyl (C=O) groups excluding carboxylic acids is 1. The Labute approximate surface area is 141 Å². The lowest BCUT2D eigenvalue weighted by Gasteiger charge is -2.32. The molecule has 1 rings (SSSR count). The summed E-state index contributed by atoms with van der Waals surface area (Å²) < 4.78 is 121. The Kier molecular flexibility index (Phi) is 5.39. The van der Waals surface area contributed by atoms with Crippen molar-refractivity contribution in [3.8, 4) is 5.75 Å². The zero-order chi connectivity index (χ0) is 20.8. The summed E-state index contributed by atoms with van der Waals surface area (Å²) in [4.78, 5) is 11.5. The van der Waals surface area contributed by atoms with Gasteiger partial charge in [-0.2, -0.15) is 39.5 Å². The van der Waals surface area contributed by atoms with Crippen molar-refractivity contribution < 1.29 is 49.0 Å². The molecule has 0 saturated carbocycles. The minimum Gasteiger partial charge on any atom is -0.488 e. The fourth-order valence-corrected chi connectivity index (χ4v) is 1.73. The summed E-state index contributed by atoms with van der Waals surface area (Å²) in [6.45, 7) is 4.83. The Morgan fingerprint density at radius 1 is 0.769 bits per heavy atom. The van der Waals surface area contributed by atoms with E-state index in [9.17, 15) is 44.3 Å². The molecule has 0 heterocycles. The van der Waals surface area contributed by atoms with Crippen molar-refractivity contribution in [3.05, 3.63) is 29.8 Å². The molecular formula is C15H13F9O2. The smallest absolute Gasteiger partial charge is 0.460 e. The van der Waals surface area contributed by atoms with Gasteiger partial charge in [-0.25, -0.2) is 0 Å². The van der Waals surface area contributed by atoms with Gasteiger partial charge in [-0.15, -0.1) is 0 Å². The second kappa shape index (κ2) is 6.34. The highest BCUT2D eigenvalue weighted by molar-refractivity contribution is 6.02. The summed E-state index contributed by atoms with van der Waals surface area (Å²) in [6, 6.07) is 2.93. The van der Waals surface area contributed by atoms with Crippen molar-refractivity contribution in [1.29, 1.82) is 0 Å². The molecule has 0 spiro atoms. The number of rotatable bonds is 5. The molecule has 148 valence electrons. The Balaban J connectivity index is 3.22. The average Bonchev–Trinajstić information content (AvgIpc) is 2.44. The minimum absolute atomic E-state index is 0.0322. The molecule has 0 aromatic heterocycles. The van der Waals surface area contributed by atoms with E-state index < -0.39 is 40.9 Å². The summed E-state index contributed by atoms with van der Waals surface area (Å²) in [7, 11) is 0. The number of hydrogen-bond donors (Lipinski definition) is 0. The second-order valence-corrected chi connectivity index (χ2v) is 6.29. The fourth-order valence-electron chi connectivity index (χ4n) is 1.73. The van der Waals surface area contributed by atoms with Crippen LogP contribution >= 0.6 is 0 Å². The Morgan fingerprint density at radius 2 is 1.19 bits per heavy atom. The molecule has 0 atom stereocenters. The summed E-state index contributed by atoms with van der Waals surface area (Å²) in [5.74, 6) is -23.3. The van der Waals surface area contributed by atoms with Gasteiger partial charge in [0.1, 0.15) is 11.4 Å². The lowest BCUT2D eigenvalue weighted by atomic mass is 9.95. The molecule has 0 aliphatic carbocycles. The van der Waals surface area contributed by atoms with Crippen LogP contribution in [-0.2, 0) is 0 Å². The van der Waals surface area contributed by atoms with Crippen molar-refractivity contribution in [3.63, 3.8) is 0 Å². The molecule has 0 amide bonds. The molecule has 0 aliphatic rings. The molecule has 0 fully saturated rings. The van der Waals surface area contributed by atoms with E-state index in [2.05, 4.69) is 0 Å². The number of hydrogen-bond acceptors (Lipinski definition) is 2. The van der Waals surface area contributed by atoms with Crippen molar-refractivity contribution >= 4 is 5.78 Å². The van der Waals surface area contributed by atoms with Gasteiger partial charge in [-0.3, -0.25) is 4.79 Å². The Hall–Kier alpha value is -1.94. The molecule has 0 bridgehead atoms. The predicted octanol–water partition coefficient (Wildman–Crippen LogP) is 5.51. The van der Waals surface area contributed by atoms with E-state index in [1.807, 2.05) is 0 Å². The second-order valence-electron chi connectivity index (χ2n) is 6.29. The maximum atomic E-state index is 13.6.